The third kappa shape index (κ3) is 2.99. The standard InChI is InChI=1S/C17H17FN2O2/c18-14-3-1-2-13(11-14)17(22)20-9-6-16(21)15(20)10-12-4-7-19-8-5-12/h1-5,7-8,11,15-16,21H,6,9-10H2/t15-,16+/m0/s1. The Bertz CT molecular complexity index is 663. The van der Waals surface area contributed by atoms with E-state index < -0.39 is 11.9 Å². The molecule has 2 atom stereocenters. The van der Waals surface area contributed by atoms with E-state index >= 15 is 0 Å². The van der Waals surface area contributed by atoms with Crippen molar-refractivity contribution in [2.75, 3.05) is 6.54 Å². The first-order chi connectivity index (χ1) is 10.6. The van der Waals surface area contributed by atoms with E-state index in [0.29, 0.717) is 24.9 Å². The molecule has 22 heavy (non-hydrogen) atoms. The minimum Gasteiger partial charge on any atom is -0.391 e. The van der Waals surface area contributed by atoms with Crippen LogP contribution in [0.1, 0.15) is 22.3 Å². The number of aliphatic hydroxyl groups is 1. The predicted octanol–water partition coefficient (Wildman–Crippen LogP) is 2.04. The van der Waals surface area contributed by atoms with Crippen molar-refractivity contribution in [3.05, 3.63) is 65.7 Å². The van der Waals surface area contributed by atoms with E-state index in [1.165, 1.54) is 18.2 Å². The highest BCUT2D eigenvalue weighted by Gasteiger charge is 2.36. The minimum atomic E-state index is -0.564. The van der Waals surface area contributed by atoms with Gasteiger partial charge in [0.15, 0.2) is 0 Å². The molecule has 4 nitrogen and oxygen atoms in total. The zero-order valence-electron chi connectivity index (χ0n) is 12.0. The van der Waals surface area contributed by atoms with Gasteiger partial charge in [-0.05, 0) is 48.7 Å². The molecular weight excluding hydrogens is 283 g/mol. The third-order valence-electron chi connectivity index (χ3n) is 4.04. The number of nitrogens with zero attached hydrogens (tertiary/aromatic N) is 2. The average molecular weight is 300 g/mol. The zero-order chi connectivity index (χ0) is 15.5. The lowest BCUT2D eigenvalue weighted by Crippen LogP contribution is -2.41. The van der Waals surface area contributed by atoms with Crippen LogP contribution in [0.25, 0.3) is 0 Å². The monoisotopic (exact) mass is 300 g/mol. The molecule has 0 saturated carbocycles. The molecule has 2 heterocycles. The summed E-state index contributed by atoms with van der Waals surface area (Å²) in [6.07, 6.45) is 3.91. The van der Waals surface area contributed by atoms with E-state index in [2.05, 4.69) is 4.98 Å². The van der Waals surface area contributed by atoms with Crippen LogP contribution in [-0.4, -0.2) is 39.6 Å². The van der Waals surface area contributed by atoms with Gasteiger partial charge in [0, 0.05) is 24.5 Å². The number of aromatic nitrogens is 1. The Morgan fingerprint density at radius 2 is 2.09 bits per heavy atom. The molecule has 1 N–H and O–H groups in total. The minimum absolute atomic E-state index is 0.241. The number of pyridine rings is 1. The summed E-state index contributed by atoms with van der Waals surface area (Å²) in [6, 6.07) is 9.11. The second-order valence-electron chi connectivity index (χ2n) is 5.49. The average Bonchev–Trinajstić information content (AvgIpc) is 2.89. The van der Waals surface area contributed by atoms with Crippen LogP contribution in [0, 0.1) is 5.82 Å². The number of halogens is 1. The molecule has 1 fully saturated rings. The van der Waals surface area contributed by atoms with Crippen molar-refractivity contribution in [2.45, 2.75) is 25.0 Å². The Balaban J connectivity index is 1.81. The molecular formula is C17H17FN2O2. The lowest BCUT2D eigenvalue weighted by atomic mass is 10.0. The number of rotatable bonds is 3. The number of carbonyl (C=O) groups is 1. The molecule has 0 spiro atoms. The van der Waals surface area contributed by atoms with Gasteiger partial charge in [-0.15, -0.1) is 0 Å². The molecule has 0 radical (unpaired) electrons. The van der Waals surface area contributed by atoms with Crippen molar-refractivity contribution < 1.29 is 14.3 Å². The smallest absolute Gasteiger partial charge is 0.254 e. The first-order valence-corrected chi connectivity index (χ1v) is 7.28. The fourth-order valence-electron chi connectivity index (χ4n) is 2.88. The molecule has 1 amide bonds. The first kappa shape index (κ1) is 14.7. The Hall–Kier alpha value is -2.27. The van der Waals surface area contributed by atoms with Crippen LogP contribution in [0.4, 0.5) is 4.39 Å². The Morgan fingerprint density at radius 3 is 2.82 bits per heavy atom. The van der Waals surface area contributed by atoms with Crippen LogP contribution >= 0.6 is 0 Å². The van der Waals surface area contributed by atoms with Crippen molar-refractivity contribution in [3.63, 3.8) is 0 Å². The highest BCUT2D eigenvalue weighted by Crippen LogP contribution is 2.24. The molecule has 1 aliphatic heterocycles. The molecule has 0 unspecified atom stereocenters. The van der Waals surface area contributed by atoms with Gasteiger partial charge in [0.25, 0.3) is 5.91 Å². The summed E-state index contributed by atoms with van der Waals surface area (Å²) in [5, 5.41) is 10.2. The molecule has 114 valence electrons. The summed E-state index contributed by atoms with van der Waals surface area (Å²) in [7, 11) is 0. The number of carbonyl (C=O) groups excluding carboxylic acids is 1. The first-order valence-electron chi connectivity index (χ1n) is 7.28. The molecule has 0 bridgehead atoms. The van der Waals surface area contributed by atoms with Crippen molar-refractivity contribution in [3.8, 4) is 0 Å². The van der Waals surface area contributed by atoms with E-state index in [1.807, 2.05) is 12.1 Å². The zero-order valence-corrected chi connectivity index (χ0v) is 12.0. The second kappa shape index (κ2) is 6.23. The van der Waals surface area contributed by atoms with Gasteiger partial charge < -0.3 is 10.0 Å². The van der Waals surface area contributed by atoms with Crippen molar-refractivity contribution in [1.82, 2.24) is 9.88 Å². The lowest BCUT2D eigenvalue weighted by molar-refractivity contribution is 0.0639. The molecule has 5 heteroatoms. The van der Waals surface area contributed by atoms with Gasteiger partial charge in [0.05, 0.1) is 12.1 Å². The highest BCUT2D eigenvalue weighted by molar-refractivity contribution is 5.94. The SMILES string of the molecule is O=C(c1cccc(F)c1)N1CC[C@@H](O)[C@@H]1Cc1ccncc1. The fraction of sp³-hybridized carbons (Fsp3) is 0.294. The molecule has 1 aromatic heterocycles. The number of hydrogen-bond donors (Lipinski definition) is 1. The van der Waals surface area contributed by atoms with E-state index in [9.17, 15) is 14.3 Å². The van der Waals surface area contributed by atoms with Gasteiger partial charge in [-0.2, -0.15) is 0 Å². The highest BCUT2D eigenvalue weighted by atomic mass is 19.1. The molecule has 2 aromatic rings. The predicted molar refractivity (Wildman–Crippen MR) is 79.8 cm³/mol. The van der Waals surface area contributed by atoms with Crippen LogP contribution in [0.2, 0.25) is 0 Å². The van der Waals surface area contributed by atoms with Crippen LogP contribution in [0.5, 0.6) is 0 Å². The van der Waals surface area contributed by atoms with E-state index in [4.69, 9.17) is 0 Å². The molecule has 1 saturated heterocycles. The number of amides is 1. The summed E-state index contributed by atoms with van der Waals surface area (Å²) >= 11 is 0. The second-order valence-corrected chi connectivity index (χ2v) is 5.49. The number of benzene rings is 1. The number of likely N-dealkylation sites (tertiary alicyclic amines) is 1. The van der Waals surface area contributed by atoms with Gasteiger partial charge in [0.1, 0.15) is 5.82 Å². The third-order valence-corrected chi connectivity index (χ3v) is 4.04. The summed E-state index contributed by atoms with van der Waals surface area (Å²) < 4.78 is 13.3. The summed E-state index contributed by atoms with van der Waals surface area (Å²) in [5.74, 6) is -0.675. The van der Waals surface area contributed by atoms with E-state index in [0.717, 1.165) is 5.56 Å². The van der Waals surface area contributed by atoms with Crippen LogP contribution in [0.15, 0.2) is 48.8 Å². The topological polar surface area (TPSA) is 53.4 Å². The van der Waals surface area contributed by atoms with Crippen molar-refractivity contribution >= 4 is 5.91 Å². The molecule has 0 aliphatic carbocycles. The van der Waals surface area contributed by atoms with Crippen LogP contribution in [-0.2, 0) is 6.42 Å². The fourth-order valence-corrected chi connectivity index (χ4v) is 2.88. The lowest BCUT2D eigenvalue weighted by Gasteiger charge is -2.26. The number of aliphatic hydroxyl groups excluding tert-OH is 1. The van der Waals surface area contributed by atoms with Crippen molar-refractivity contribution in [1.29, 1.82) is 0 Å². The number of hydrogen-bond acceptors (Lipinski definition) is 3. The molecule has 1 aliphatic rings. The largest absolute Gasteiger partial charge is 0.391 e. The van der Waals surface area contributed by atoms with Gasteiger partial charge in [-0.25, -0.2) is 4.39 Å². The summed E-state index contributed by atoms with van der Waals surface area (Å²) in [6.45, 7) is 0.478. The van der Waals surface area contributed by atoms with Crippen LogP contribution in [0.3, 0.4) is 0 Å². The summed E-state index contributed by atoms with van der Waals surface area (Å²) in [5.41, 5.74) is 1.33. The van der Waals surface area contributed by atoms with Gasteiger partial charge >= 0.3 is 0 Å². The maximum atomic E-state index is 13.3. The van der Waals surface area contributed by atoms with Gasteiger partial charge in [0.2, 0.25) is 0 Å². The van der Waals surface area contributed by atoms with E-state index in [1.54, 1.807) is 23.4 Å². The molecule has 1 aromatic carbocycles. The maximum absolute atomic E-state index is 13.3. The Labute approximate surface area is 128 Å². The van der Waals surface area contributed by atoms with Crippen LogP contribution < -0.4 is 0 Å². The normalized spacial score (nSPS) is 21.1. The van der Waals surface area contributed by atoms with E-state index in [-0.39, 0.29) is 11.9 Å². The van der Waals surface area contributed by atoms with Gasteiger partial charge in [-0.3, -0.25) is 9.78 Å². The van der Waals surface area contributed by atoms with Crippen molar-refractivity contribution in [2.24, 2.45) is 0 Å². The maximum Gasteiger partial charge on any atom is 0.254 e. The quantitative estimate of drug-likeness (QED) is 0.944. The van der Waals surface area contributed by atoms with Gasteiger partial charge in [-0.1, -0.05) is 6.07 Å². The Kier molecular flexibility index (Phi) is 4.15. The molecule has 3 rings (SSSR count). The summed E-state index contributed by atoms with van der Waals surface area (Å²) in [4.78, 5) is 18.2. The Morgan fingerprint density at radius 1 is 1.32 bits per heavy atom.